The molecule has 1 unspecified atom stereocenters. The second-order valence-electron chi connectivity index (χ2n) is 7.04. The summed E-state index contributed by atoms with van der Waals surface area (Å²) in [5.74, 6) is 0.380. The first-order valence-corrected chi connectivity index (χ1v) is 9.65. The number of hydrogen-bond donors (Lipinski definition) is 2. The lowest BCUT2D eigenvalue weighted by Crippen LogP contribution is -2.32. The molecule has 0 aliphatic carbocycles. The van der Waals surface area contributed by atoms with Gasteiger partial charge in [0.25, 0.3) is 5.91 Å². The summed E-state index contributed by atoms with van der Waals surface area (Å²) in [6, 6.07) is 22.9. The molecule has 5 heteroatoms. The van der Waals surface area contributed by atoms with Crippen LogP contribution in [0.15, 0.2) is 77.2 Å². The zero-order valence-corrected chi connectivity index (χ0v) is 16.1. The zero-order chi connectivity index (χ0) is 20.2. The Bertz CT molecular complexity index is 1150. The number of benzene rings is 3. The van der Waals surface area contributed by atoms with Gasteiger partial charge in [0.15, 0.2) is 0 Å². The van der Waals surface area contributed by atoms with Gasteiger partial charge in [0.1, 0.15) is 11.3 Å². The Labute approximate surface area is 168 Å². The first-order valence-electron chi connectivity index (χ1n) is 9.65. The molecule has 29 heavy (non-hydrogen) atoms. The molecular weight excluding hydrogens is 364 g/mol. The SMILES string of the molecule is CC(NC(=O)CCNC(=O)c1ccc2ccccc2c1)c1cc2ccccc2o1. The third kappa shape index (κ3) is 4.29. The molecule has 2 N–H and O–H groups in total. The Morgan fingerprint density at radius 2 is 1.62 bits per heavy atom. The van der Waals surface area contributed by atoms with Crippen LogP contribution in [-0.4, -0.2) is 18.4 Å². The van der Waals surface area contributed by atoms with E-state index in [1.165, 1.54) is 0 Å². The monoisotopic (exact) mass is 386 g/mol. The van der Waals surface area contributed by atoms with Crippen molar-refractivity contribution in [3.63, 3.8) is 0 Å². The molecular formula is C24H22N2O3. The maximum Gasteiger partial charge on any atom is 0.251 e. The topological polar surface area (TPSA) is 71.3 Å². The first-order chi connectivity index (χ1) is 14.1. The molecule has 0 aliphatic rings. The van der Waals surface area contributed by atoms with E-state index in [1.807, 2.05) is 73.7 Å². The maximum absolute atomic E-state index is 12.4. The second-order valence-corrected chi connectivity index (χ2v) is 7.04. The van der Waals surface area contributed by atoms with Crippen LogP contribution in [0.3, 0.4) is 0 Å². The molecule has 4 aromatic rings. The van der Waals surface area contributed by atoms with Crippen LogP contribution in [0.1, 0.15) is 35.5 Å². The van der Waals surface area contributed by atoms with E-state index in [4.69, 9.17) is 4.42 Å². The van der Waals surface area contributed by atoms with Crippen LogP contribution in [-0.2, 0) is 4.79 Å². The van der Waals surface area contributed by atoms with Crippen LogP contribution in [0.2, 0.25) is 0 Å². The van der Waals surface area contributed by atoms with Gasteiger partial charge in [-0.2, -0.15) is 0 Å². The van der Waals surface area contributed by atoms with Crippen molar-refractivity contribution in [1.82, 2.24) is 10.6 Å². The molecule has 2 amide bonds. The molecule has 0 spiro atoms. The van der Waals surface area contributed by atoms with Gasteiger partial charge < -0.3 is 15.1 Å². The summed E-state index contributed by atoms with van der Waals surface area (Å²) in [6.07, 6.45) is 0.198. The van der Waals surface area contributed by atoms with Crippen LogP contribution in [0.25, 0.3) is 21.7 Å². The van der Waals surface area contributed by atoms with E-state index in [0.29, 0.717) is 11.3 Å². The predicted octanol–water partition coefficient (Wildman–Crippen LogP) is 4.58. The van der Waals surface area contributed by atoms with Gasteiger partial charge in [-0.05, 0) is 42.0 Å². The van der Waals surface area contributed by atoms with E-state index < -0.39 is 0 Å². The minimum absolute atomic E-state index is 0.142. The average Bonchev–Trinajstić information content (AvgIpc) is 3.18. The molecule has 4 rings (SSSR count). The largest absolute Gasteiger partial charge is 0.459 e. The van der Waals surface area contributed by atoms with Gasteiger partial charge in [-0.1, -0.05) is 48.5 Å². The van der Waals surface area contributed by atoms with Crippen molar-refractivity contribution in [2.45, 2.75) is 19.4 Å². The average molecular weight is 386 g/mol. The molecule has 3 aromatic carbocycles. The van der Waals surface area contributed by atoms with E-state index in [1.54, 1.807) is 6.07 Å². The van der Waals surface area contributed by atoms with Gasteiger partial charge >= 0.3 is 0 Å². The standard InChI is InChI=1S/C24H22N2O3/c1-16(22-15-19-8-4-5-9-21(19)29-22)26-23(27)12-13-25-24(28)20-11-10-17-6-2-3-7-18(17)14-20/h2-11,14-16H,12-13H2,1H3,(H,25,28)(H,26,27). The van der Waals surface area contributed by atoms with Gasteiger partial charge in [0.2, 0.25) is 5.91 Å². The second kappa shape index (κ2) is 8.19. The molecule has 1 heterocycles. The third-order valence-corrected chi connectivity index (χ3v) is 4.90. The zero-order valence-electron chi connectivity index (χ0n) is 16.1. The van der Waals surface area contributed by atoms with Crippen molar-refractivity contribution in [2.24, 2.45) is 0 Å². The minimum atomic E-state index is -0.244. The predicted molar refractivity (Wildman–Crippen MR) is 114 cm³/mol. The fourth-order valence-corrected chi connectivity index (χ4v) is 3.32. The molecule has 146 valence electrons. The smallest absolute Gasteiger partial charge is 0.251 e. The number of rotatable bonds is 6. The Morgan fingerprint density at radius 3 is 2.41 bits per heavy atom. The van der Waals surface area contributed by atoms with E-state index >= 15 is 0 Å². The van der Waals surface area contributed by atoms with Crippen molar-refractivity contribution in [3.05, 3.63) is 84.1 Å². The van der Waals surface area contributed by atoms with Crippen molar-refractivity contribution in [1.29, 1.82) is 0 Å². The van der Waals surface area contributed by atoms with Crippen molar-refractivity contribution in [2.75, 3.05) is 6.54 Å². The number of fused-ring (bicyclic) bond motifs is 2. The highest BCUT2D eigenvalue weighted by atomic mass is 16.3. The minimum Gasteiger partial charge on any atom is -0.459 e. The fourth-order valence-electron chi connectivity index (χ4n) is 3.32. The molecule has 0 saturated carbocycles. The summed E-state index contributed by atoms with van der Waals surface area (Å²) in [6.45, 7) is 2.15. The summed E-state index contributed by atoms with van der Waals surface area (Å²) in [5, 5.41) is 8.82. The number of para-hydroxylation sites is 1. The van der Waals surface area contributed by atoms with Gasteiger partial charge in [0.05, 0.1) is 6.04 Å². The van der Waals surface area contributed by atoms with Crippen LogP contribution in [0.5, 0.6) is 0 Å². The highest BCUT2D eigenvalue weighted by Crippen LogP contribution is 2.23. The normalized spacial score (nSPS) is 12.0. The van der Waals surface area contributed by atoms with Gasteiger partial charge in [-0.3, -0.25) is 9.59 Å². The van der Waals surface area contributed by atoms with Crippen molar-refractivity contribution >= 4 is 33.6 Å². The Hall–Kier alpha value is -3.60. The number of carbonyl (C=O) groups excluding carboxylic acids is 2. The van der Waals surface area contributed by atoms with Crippen LogP contribution in [0.4, 0.5) is 0 Å². The molecule has 0 saturated heterocycles. The highest BCUT2D eigenvalue weighted by molar-refractivity contribution is 5.98. The lowest BCUT2D eigenvalue weighted by Gasteiger charge is -2.12. The van der Waals surface area contributed by atoms with Crippen molar-refractivity contribution in [3.8, 4) is 0 Å². The Morgan fingerprint density at radius 1 is 0.897 bits per heavy atom. The van der Waals surface area contributed by atoms with Crippen LogP contribution in [0, 0.1) is 0 Å². The first kappa shape index (κ1) is 18.7. The number of amides is 2. The molecule has 0 bridgehead atoms. The summed E-state index contributed by atoms with van der Waals surface area (Å²) in [5.41, 5.74) is 1.38. The number of nitrogens with one attached hydrogen (secondary N) is 2. The molecule has 1 atom stereocenters. The molecule has 0 aliphatic heterocycles. The summed E-state index contributed by atoms with van der Waals surface area (Å²) >= 11 is 0. The van der Waals surface area contributed by atoms with Gasteiger partial charge in [-0.25, -0.2) is 0 Å². The van der Waals surface area contributed by atoms with E-state index in [9.17, 15) is 9.59 Å². The summed E-state index contributed by atoms with van der Waals surface area (Å²) in [7, 11) is 0. The quantitative estimate of drug-likeness (QED) is 0.509. The lowest BCUT2D eigenvalue weighted by atomic mass is 10.1. The highest BCUT2D eigenvalue weighted by Gasteiger charge is 2.14. The molecule has 5 nitrogen and oxygen atoms in total. The Kier molecular flexibility index (Phi) is 5.29. The van der Waals surface area contributed by atoms with Crippen LogP contribution < -0.4 is 10.6 Å². The van der Waals surface area contributed by atoms with E-state index in [-0.39, 0.29) is 30.8 Å². The van der Waals surface area contributed by atoms with Crippen LogP contribution >= 0.6 is 0 Å². The third-order valence-electron chi connectivity index (χ3n) is 4.90. The van der Waals surface area contributed by atoms with Gasteiger partial charge in [0, 0.05) is 23.9 Å². The number of hydrogen-bond acceptors (Lipinski definition) is 3. The van der Waals surface area contributed by atoms with E-state index in [2.05, 4.69) is 10.6 Å². The van der Waals surface area contributed by atoms with E-state index in [0.717, 1.165) is 21.7 Å². The molecule has 1 aromatic heterocycles. The number of furan rings is 1. The van der Waals surface area contributed by atoms with Crippen molar-refractivity contribution < 1.29 is 14.0 Å². The lowest BCUT2D eigenvalue weighted by molar-refractivity contribution is -0.121. The summed E-state index contributed by atoms with van der Waals surface area (Å²) in [4.78, 5) is 24.6. The molecule has 0 radical (unpaired) electrons. The molecule has 0 fully saturated rings. The maximum atomic E-state index is 12.4. The number of carbonyl (C=O) groups is 2. The fraction of sp³-hybridized carbons (Fsp3) is 0.167. The Balaban J connectivity index is 1.29. The summed E-state index contributed by atoms with van der Waals surface area (Å²) < 4.78 is 5.78. The van der Waals surface area contributed by atoms with Gasteiger partial charge in [-0.15, -0.1) is 0 Å².